The van der Waals surface area contributed by atoms with Crippen LogP contribution in [0.5, 0.6) is 0 Å². The first-order chi connectivity index (χ1) is 8.58. The van der Waals surface area contributed by atoms with Crippen molar-refractivity contribution < 1.29 is 9.90 Å². The molecule has 0 aliphatic rings. The number of aromatic carboxylic acids is 1. The second-order valence-corrected chi connectivity index (χ2v) is 4.21. The first-order valence-electron chi connectivity index (χ1n) is 5.31. The third kappa shape index (κ3) is 2.62. The van der Waals surface area contributed by atoms with Crippen LogP contribution in [0.2, 0.25) is 5.02 Å². The van der Waals surface area contributed by atoms with Crippen molar-refractivity contribution in [1.29, 1.82) is 0 Å². The van der Waals surface area contributed by atoms with Crippen molar-refractivity contribution in [2.75, 3.05) is 5.32 Å². The van der Waals surface area contributed by atoms with Gasteiger partial charge in [0.1, 0.15) is 5.82 Å². The van der Waals surface area contributed by atoms with Crippen LogP contribution >= 0.6 is 11.6 Å². The standard InChI is InChI=1S/C12H12ClN3O2/c1-16-5-4-14-11(16)7-15-10-3-2-8(12(17)18)6-9(10)13/h2-6,15H,7H2,1H3,(H,17,18). The fourth-order valence-electron chi connectivity index (χ4n) is 1.53. The lowest BCUT2D eigenvalue weighted by Crippen LogP contribution is -2.06. The molecule has 0 fully saturated rings. The zero-order valence-corrected chi connectivity index (χ0v) is 10.5. The number of benzene rings is 1. The summed E-state index contributed by atoms with van der Waals surface area (Å²) >= 11 is 6.00. The maximum atomic E-state index is 10.8. The second-order valence-electron chi connectivity index (χ2n) is 3.81. The van der Waals surface area contributed by atoms with Gasteiger partial charge in [-0.1, -0.05) is 11.6 Å². The SMILES string of the molecule is Cn1ccnc1CNc1ccc(C(=O)O)cc1Cl. The minimum atomic E-state index is -0.993. The Bertz CT molecular complexity index is 580. The number of imidazole rings is 1. The van der Waals surface area contributed by atoms with E-state index in [1.807, 2.05) is 17.8 Å². The number of hydrogen-bond acceptors (Lipinski definition) is 3. The van der Waals surface area contributed by atoms with Crippen molar-refractivity contribution in [2.45, 2.75) is 6.54 Å². The molecule has 0 unspecified atom stereocenters. The van der Waals surface area contributed by atoms with E-state index in [1.54, 1.807) is 12.3 Å². The van der Waals surface area contributed by atoms with Crippen LogP contribution in [0.15, 0.2) is 30.6 Å². The number of aromatic nitrogens is 2. The fourth-order valence-corrected chi connectivity index (χ4v) is 1.78. The van der Waals surface area contributed by atoms with Crippen LogP contribution in [0.1, 0.15) is 16.2 Å². The van der Waals surface area contributed by atoms with Gasteiger partial charge in [-0.15, -0.1) is 0 Å². The molecule has 1 aromatic heterocycles. The highest BCUT2D eigenvalue weighted by Gasteiger charge is 2.07. The topological polar surface area (TPSA) is 67.2 Å². The van der Waals surface area contributed by atoms with Gasteiger partial charge in [-0.25, -0.2) is 9.78 Å². The fraction of sp³-hybridized carbons (Fsp3) is 0.167. The van der Waals surface area contributed by atoms with Crippen LogP contribution in [0.3, 0.4) is 0 Å². The quantitative estimate of drug-likeness (QED) is 0.891. The molecular weight excluding hydrogens is 254 g/mol. The number of rotatable bonds is 4. The summed E-state index contributed by atoms with van der Waals surface area (Å²) in [4.78, 5) is 14.9. The monoisotopic (exact) mass is 265 g/mol. The van der Waals surface area contributed by atoms with Crippen molar-refractivity contribution in [3.05, 3.63) is 47.0 Å². The molecule has 0 saturated carbocycles. The van der Waals surface area contributed by atoms with Crippen molar-refractivity contribution >= 4 is 23.3 Å². The molecule has 0 saturated heterocycles. The van der Waals surface area contributed by atoms with Gasteiger partial charge in [0.25, 0.3) is 0 Å². The molecule has 0 spiro atoms. The Hall–Kier alpha value is -2.01. The van der Waals surface area contributed by atoms with Gasteiger partial charge < -0.3 is 15.0 Å². The lowest BCUT2D eigenvalue weighted by Gasteiger charge is -2.08. The summed E-state index contributed by atoms with van der Waals surface area (Å²) in [6, 6.07) is 4.58. The van der Waals surface area contributed by atoms with Gasteiger partial charge in [-0.2, -0.15) is 0 Å². The number of carboxylic acids is 1. The molecule has 6 heteroatoms. The lowest BCUT2D eigenvalue weighted by atomic mass is 10.2. The van der Waals surface area contributed by atoms with Crippen molar-refractivity contribution in [3.63, 3.8) is 0 Å². The number of carboxylic acid groups (broad SMARTS) is 1. The van der Waals surface area contributed by atoms with E-state index in [2.05, 4.69) is 10.3 Å². The third-order valence-corrected chi connectivity index (χ3v) is 2.89. The average Bonchev–Trinajstić information content (AvgIpc) is 2.73. The maximum absolute atomic E-state index is 10.8. The molecule has 2 rings (SSSR count). The van der Waals surface area contributed by atoms with Crippen LogP contribution in [0, 0.1) is 0 Å². The van der Waals surface area contributed by atoms with E-state index in [0.29, 0.717) is 17.3 Å². The Morgan fingerprint density at radius 3 is 2.89 bits per heavy atom. The van der Waals surface area contributed by atoms with E-state index in [-0.39, 0.29) is 5.56 Å². The van der Waals surface area contributed by atoms with Gasteiger partial charge in [-0.3, -0.25) is 0 Å². The second kappa shape index (κ2) is 5.10. The first kappa shape index (κ1) is 12.4. The summed E-state index contributed by atoms with van der Waals surface area (Å²) in [5, 5.41) is 12.3. The van der Waals surface area contributed by atoms with Crippen LogP contribution in [-0.4, -0.2) is 20.6 Å². The van der Waals surface area contributed by atoms with Crippen LogP contribution in [0.25, 0.3) is 0 Å². The molecule has 1 aromatic carbocycles. The molecule has 1 heterocycles. The zero-order valence-electron chi connectivity index (χ0n) is 9.72. The molecule has 0 aliphatic carbocycles. The first-order valence-corrected chi connectivity index (χ1v) is 5.68. The Morgan fingerprint density at radius 2 is 2.33 bits per heavy atom. The number of nitrogens with one attached hydrogen (secondary N) is 1. The van der Waals surface area contributed by atoms with E-state index < -0.39 is 5.97 Å². The largest absolute Gasteiger partial charge is 0.478 e. The van der Waals surface area contributed by atoms with Gasteiger partial charge in [0.15, 0.2) is 0 Å². The molecule has 0 aliphatic heterocycles. The third-order valence-electron chi connectivity index (χ3n) is 2.57. The van der Waals surface area contributed by atoms with E-state index in [9.17, 15) is 4.79 Å². The predicted octanol–water partition coefficient (Wildman–Crippen LogP) is 2.38. The molecule has 5 nitrogen and oxygen atoms in total. The van der Waals surface area contributed by atoms with Crippen molar-refractivity contribution in [3.8, 4) is 0 Å². The summed E-state index contributed by atoms with van der Waals surface area (Å²) < 4.78 is 1.90. The predicted molar refractivity (Wildman–Crippen MR) is 68.9 cm³/mol. The number of anilines is 1. The minimum Gasteiger partial charge on any atom is -0.478 e. The smallest absolute Gasteiger partial charge is 0.335 e. The van der Waals surface area contributed by atoms with Gasteiger partial charge >= 0.3 is 5.97 Å². The molecule has 2 N–H and O–H groups in total. The number of carbonyl (C=O) groups is 1. The van der Waals surface area contributed by atoms with Gasteiger partial charge in [0.2, 0.25) is 0 Å². The summed E-state index contributed by atoms with van der Waals surface area (Å²) in [5.41, 5.74) is 0.854. The van der Waals surface area contributed by atoms with Gasteiger partial charge in [0, 0.05) is 19.4 Å². The summed E-state index contributed by atoms with van der Waals surface area (Å²) in [6.07, 6.45) is 3.57. The number of aryl methyl sites for hydroxylation is 1. The van der Waals surface area contributed by atoms with Crippen molar-refractivity contribution in [1.82, 2.24) is 9.55 Å². The summed E-state index contributed by atoms with van der Waals surface area (Å²) in [6.45, 7) is 0.523. The molecule has 0 atom stereocenters. The number of hydrogen-bond donors (Lipinski definition) is 2. The molecule has 94 valence electrons. The Balaban J connectivity index is 2.11. The molecule has 18 heavy (non-hydrogen) atoms. The van der Waals surface area contributed by atoms with E-state index in [4.69, 9.17) is 16.7 Å². The van der Waals surface area contributed by atoms with E-state index >= 15 is 0 Å². The van der Waals surface area contributed by atoms with E-state index in [0.717, 1.165) is 5.82 Å². The Kier molecular flexibility index (Phi) is 3.53. The highest BCUT2D eigenvalue weighted by molar-refractivity contribution is 6.33. The van der Waals surface area contributed by atoms with Gasteiger partial charge in [-0.05, 0) is 18.2 Å². The van der Waals surface area contributed by atoms with Crippen LogP contribution < -0.4 is 5.32 Å². The van der Waals surface area contributed by atoms with Crippen molar-refractivity contribution in [2.24, 2.45) is 7.05 Å². The number of halogens is 1. The molecule has 0 amide bonds. The molecule has 2 aromatic rings. The minimum absolute atomic E-state index is 0.169. The van der Waals surface area contributed by atoms with Crippen LogP contribution in [-0.2, 0) is 13.6 Å². The zero-order chi connectivity index (χ0) is 13.1. The maximum Gasteiger partial charge on any atom is 0.335 e. The highest BCUT2D eigenvalue weighted by Crippen LogP contribution is 2.23. The average molecular weight is 266 g/mol. The normalized spacial score (nSPS) is 10.3. The number of nitrogens with zero attached hydrogens (tertiary/aromatic N) is 2. The Morgan fingerprint density at radius 1 is 1.56 bits per heavy atom. The lowest BCUT2D eigenvalue weighted by molar-refractivity contribution is 0.0697. The molecule has 0 radical (unpaired) electrons. The summed E-state index contributed by atoms with van der Waals surface area (Å²) in [7, 11) is 1.90. The Labute approximate surface area is 109 Å². The van der Waals surface area contributed by atoms with Gasteiger partial charge in [0.05, 0.1) is 22.8 Å². The summed E-state index contributed by atoms with van der Waals surface area (Å²) in [5.74, 6) is -0.124. The highest BCUT2D eigenvalue weighted by atomic mass is 35.5. The van der Waals surface area contributed by atoms with Crippen LogP contribution in [0.4, 0.5) is 5.69 Å². The molecular formula is C12H12ClN3O2. The molecule has 0 bridgehead atoms. The van der Waals surface area contributed by atoms with E-state index in [1.165, 1.54) is 12.1 Å².